The molecule has 1 aromatic rings. The van der Waals surface area contributed by atoms with E-state index in [0.29, 0.717) is 16.3 Å². The number of amides is 1. The molecule has 5 nitrogen and oxygen atoms in total. The summed E-state index contributed by atoms with van der Waals surface area (Å²) in [6, 6.07) is 4.60. The second-order valence-electron chi connectivity index (χ2n) is 3.73. The molecule has 1 amide bonds. The molecule has 0 fully saturated rings. The van der Waals surface area contributed by atoms with Gasteiger partial charge in [0.25, 0.3) is 0 Å². The molecule has 0 heterocycles. The predicted octanol–water partition coefficient (Wildman–Crippen LogP) is 0.453. The summed E-state index contributed by atoms with van der Waals surface area (Å²) < 4.78 is 0. The molecule has 2 unspecified atom stereocenters. The molecule has 0 aromatic heterocycles. The van der Waals surface area contributed by atoms with Gasteiger partial charge < -0.3 is 21.3 Å². The number of aliphatic hydroxyl groups is 2. The Labute approximate surface area is 104 Å². The monoisotopic (exact) mass is 258 g/mol. The van der Waals surface area contributed by atoms with Gasteiger partial charge in [-0.15, -0.1) is 0 Å². The molecule has 0 aliphatic rings. The average Bonchev–Trinajstić information content (AvgIpc) is 2.28. The van der Waals surface area contributed by atoms with Crippen LogP contribution in [-0.4, -0.2) is 28.8 Å². The Kier molecular flexibility index (Phi) is 4.74. The molecule has 0 saturated carbocycles. The molecule has 0 spiro atoms. The van der Waals surface area contributed by atoms with Crippen LogP contribution in [0.4, 0.5) is 5.69 Å². The third-order valence-corrected chi connectivity index (χ3v) is 2.63. The van der Waals surface area contributed by atoms with Crippen molar-refractivity contribution in [2.75, 3.05) is 12.3 Å². The number of halogens is 1. The first kappa shape index (κ1) is 13.8. The van der Waals surface area contributed by atoms with Gasteiger partial charge in [-0.25, -0.2) is 0 Å². The maximum Gasteiger partial charge on any atom is 0.216 e. The number of benzene rings is 1. The summed E-state index contributed by atoms with van der Waals surface area (Å²) in [5.41, 5.74) is 6.36. The molecule has 1 aromatic carbocycles. The van der Waals surface area contributed by atoms with E-state index in [0.717, 1.165) is 0 Å². The van der Waals surface area contributed by atoms with Crippen molar-refractivity contribution >= 4 is 23.2 Å². The number of nitrogens with one attached hydrogen (secondary N) is 1. The Morgan fingerprint density at radius 1 is 1.53 bits per heavy atom. The fourth-order valence-corrected chi connectivity index (χ4v) is 1.45. The second kappa shape index (κ2) is 5.86. The SMILES string of the molecule is CC(=O)NCC(O)C(O)c1ccc(Cl)c(N)c1. The zero-order chi connectivity index (χ0) is 13.0. The van der Waals surface area contributed by atoms with Crippen molar-refractivity contribution in [1.82, 2.24) is 5.32 Å². The van der Waals surface area contributed by atoms with Crippen LogP contribution in [-0.2, 0) is 4.79 Å². The summed E-state index contributed by atoms with van der Waals surface area (Å²) in [5, 5.41) is 22.3. The quantitative estimate of drug-likeness (QED) is 0.590. The Hall–Kier alpha value is -1.30. The fourth-order valence-electron chi connectivity index (χ4n) is 1.33. The van der Waals surface area contributed by atoms with Crippen LogP contribution in [0, 0.1) is 0 Å². The molecule has 0 radical (unpaired) electrons. The molecular weight excluding hydrogens is 244 g/mol. The van der Waals surface area contributed by atoms with Gasteiger partial charge in [-0.2, -0.15) is 0 Å². The van der Waals surface area contributed by atoms with Crippen LogP contribution in [0.15, 0.2) is 18.2 Å². The highest BCUT2D eigenvalue weighted by Crippen LogP contribution is 2.24. The van der Waals surface area contributed by atoms with E-state index >= 15 is 0 Å². The summed E-state index contributed by atoms with van der Waals surface area (Å²) >= 11 is 5.74. The van der Waals surface area contributed by atoms with Gasteiger partial charge in [-0.3, -0.25) is 4.79 Å². The zero-order valence-electron chi connectivity index (χ0n) is 9.35. The van der Waals surface area contributed by atoms with Gasteiger partial charge in [0.1, 0.15) is 12.2 Å². The lowest BCUT2D eigenvalue weighted by atomic mass is 10.0. The number of hydrogen-bond donors (Lipinski definition) is 4. The summed E-state index contributed by atoms with van der Waals surface area (Å²) in [7, 11) is 0. The van der Waals surface area contributed by atoms with Crippen LogP contribution in [0.1, 0.15) is 18.6 Å². The summed E-state index contributed by atoms with van der Waals surface area (Å²) in [5.74, 6) is -0.271. The third kappa shape index (κ3) is 3.89. The van der Waals surface area contributed by atoms with E-state index < -0.39 is 12.2 Å². The van der Waals surface area contributed by atoms with Gasteiger partial charge in [0.2, 0.25) is 5.91 Å². The largest absolute Gasteiger partial charge is 0.398 e. The van der Waals surface area contributed by atoms with Gasteiger partial charge in [-0.05, 0) is 17.7 Å². The van der Waals surface area contributed by atoms with Crippen LogP contribution < -0.4 is 11.1 Å². The molecule has 1 rings (SSSR count). The molecule has 0 bridgehead atoms. The molecule has 6 heteroatoms. The van der Waals surface area contributed by atoms with Gasteiger partial charge in [0, 0.05) is 13.5 Å². The number of anilines is 1. The first-order chi connectivity index (χ1) is 7.91. The molecular formula is C11H15ClN2O3. The van der Waals surface area contributed by atoms with E-state index in [-0.39, 0.29) is 12.5 Å². The van der Waals surface area contributed by atoms with E-state index in [1.807, 2.05) is 0 Å². The normalized spacial score (nSPS) is 14.1. The molecule has 17 heavy (non-hydrogen) atoms. The predicted molar refractivity (Wildman–Crippen MR) is 65.5 cm³/mol. The number of nitrogen functional groups attached to an aromatic ring is 1. The van der Waals surface area contributed by atoms with Crippen molar-refractivity contribution < 1.29 is 15.0 Å². The van der Waals surface area contributed by atoms with Crippen molar-refractivity contribution in [3.8, 4) is 0 Å². The zero-order valence-corrected chi connectivity index (χ0v) is 10.1. The Morgan fingerprint density at radius 2 is 2.18 bits per heavy atom. The highest BCUT2D eigenvalue weighted by atomic mass is 35.5. The summed E-state index contributed by atoms with van der Waals surface area (Å²) in [6.45, 7) is 1.30. The van der Waals surface area contributed by atoms with Crippen LogP contribution in [0.2, 0.25) is 5.02 Å². The minimum Gasteiger partial charge on any atom is -0.398 e. The van der Waals surface area contributed by atoms with Gasteiger partial charge in [-0.1, -0.05) is 17.7 Å². The van der Waals surface area contributed by atoms with Gasteiger partial charge in [0.05, 0.1) is 10.7 Å². The summed E-state index contributed by atoms with van der Waals surface area (Å²) in [4.78, 5) is 10.7. The smallest absolute Gasteiger partial charge is 0.216 e. The standard InChI is InChI=1S/C11H15ClN2O3/c1-6(15)14-5-10(16)11(17)7-2-3-8(12)9(13)4-7/h2-4,10-11,16-17H,5,13H2,1H3,(H,14,15). The molecule has 0 aliphatic heterocycles. The van der Waals surface area contributed by atoms with Crippen molar-refractivity contribution in [2.24, 2.45) is 0 Å². The minimum absolute atomic E-state index is 0.0287. The van der Waals surface area contributed by atoms with E-state index in [9.17, 15) is 15.0 Å². The van der Waals surface area contributed by atoms with Crippen molar-refractivity contribution in [3.05, 3.63) is 28.8 Å². The minimum atomic E-state index is -1.12. The van der Waals surface area contributed by atoms with Crippen LogP contribution in [0.25, 0.3) is 0 Å². The van der Waals surface area contributed by atoms with Crippen molar-refractivity contribution in [2.45, 2.75) is 19.1 Å². The van der Waals surface area contributed by atoms with E-state index in [1.165, 1.54) is 13.0 Å². The number of hydrogen-bond acceptors (Lipinski definition) is 4. The molecule has 94 valence electrons. The number of nitrogens with two attached hydrogens (primary N) is 1. The van der Waals surface area contributed by atoms with Gasteiger partial charge >= 0.3 is 0 Å². The van der Waals surface area contributed by atoms with E-state index in [1.54, 1.807) is 12.1 Å². The number of aliphatic hydroxyl groups excluding tert-OH is 2. The number of carbonyl (C=O) groups is 1. The third-order valence-electron chi connectivity index (χ3n) is 2.29. The van der Waals surface area contributed by atoms with Crippen LogP contribution in [0.3, 0.4) is 0 Å². The summed E-state index contributed by atoms with van der Waals surface area (Å²) in [6.07, 6.45) is -2.22. The molecule has 0 aliphatic carbocycles. The highest BCUT2D eigenvalue weighted by Gasteiger charge is 2.19. The first-order valence-electron chi connectivity index (χ1n) is 5.07. The van der Waals surface area contributed by atoms with Gasteiger partial charge in [0.15, 0.2) is 0 Å². The maximum absolute atomic E-state index is 10.7. The van der Waals surface area contributed by atoms with E-state index in [2.05, 4.69) is 5.32 Å². The Bertz CT molecular complexity index is 412. The van der Waals surface area contributed by atoms with Crippen LogP contribution in [0.5, 0.6) is 0 Å². The topological polar surface area (TPSA) is 95.6 Å². The second-order valence-corrected chi connectivity index (χ2v) is 4.14. The Balaban J connectivity index is 2.70. The average molecular weight is 259 g/mol. The molecule has 0 saturated heterocycles. The Morgan fingerprint density at radius 3 is 2.71 bits per heavy atom. The lowest BCUT2D eigenvalue weighted by Gasteiger charge is -2.18. The fraction of sp³-hybridized carbons (Fsp3) is 0.364. The van der Waals surface area contributed by atoms with Crippen LogP contribution >= 0.6 is 11.6 Å². The maximum atomic E-state index is 10.7. The highest BCUT2D eigenvalue weighted by molar-refractivity contribution is 6.33. The van der Waals surface area contributed by atoms with Crippen molar-refractivity contribution in [3.63, 3.8) is 0 Å². The number of carbonyl (C=O) groups excluding carboxylic acids is 1. The molecule has 2 atom stereocenters. The lowest BCUT2D eigenvalue weighted by molar-refractivity contribution is -0.119. The first-order valence-corrected chi connectivity index (χ1v) is 5.45. The van der Waals surface area contributed by atoms with E-state index in [4.69, 9.17) is 17.3 Å². The molecule has 5 N–H and O–H groups in total. The van der Waals surface area contributed by atoms with Crippen molar-refractivity contribution in [1.29, 1.82) is 0 Å². The number of rotatable bonds is 4. The lowest BCUT2D eigenvalue weighted by Crippen LogP contribution is -2.34.